The van der Waals surface area contributed by atoms with Gasteiger partial charge < -0.3 is 20.5 Å². The van der Waals surface area contributed by atoms with Crippen LogP contribution in [-0.4, -0.2) is 47.5 Å². The Morgan fingerprint density at radius 1 is 1.32 bits per heavy atom. The van der Waals surface area contributed by atoms with E-state index < -0.39 is 0 Å². The third-order valence-corrected chi connectivity index (χ3v) is 5.23. The van der Waals surface area contributed by atoms with E-state index in [1.165, 1.54) is 0 Å². The summed E-state index contributed by atoms with van der Waals surface area (Å²) in [4.78, 5) is 26.6. The molecule has 1 saturated heterocycles. The van der Waals surface area contributed by atoms with Crippen LogP contribution in [0.3, 0.4) is 0 Å². The molecule has 2 heterocycles. The van der Waals surface area contributed by atoms with Crippen molar-refractivity contribution in [3.8, 4) is 0 Å². The highest BCUT2D eigenvalue weighted by Gasteiger charge is 2.35. The molecule has 3 rings (SSSR count). The Kier molecular flexibility index (Phi) is 5.42. The molecule has 7 nitrogen and oxygen atoms in total. The topological polar surface area (TPSA) is 101 Å². The summed E-state index contributed by atoms with van der Waals surface area (Å²) in [7, 11) is 0. The van der Waals surface area contributed by atoms with Crippen molar-refractivity contribution in [3.05, 3.63) is 17.5 Å². The number of nitrogens with two attached hydrogens (primary N) is 1. The van der Waals surface area contributed by atoms with E-state index in [1.54, 1.807) is 6.07 Å². The Balaban J connectivity index is 1.57. The molecule has 7 heteroatoms. The molecule has 1 aliphatic carbocycles. The Morgan fingerprint density at radius 3 is 2.60 bits per heavy atom. The third kappa shape index (κ3) is 4.21. The van der Waals surface area contributed by atoms with Gasteiger partial charge in [-0.1, -0.05) is 19.0 Å². The number of likely N-dealkylation sites (tertiary alicyclic amines) is 1. The average molecular weight is 348 g/mol. The van der Waals surface area contributed by atoms with Crippen LogP contribution in [0.5, 0.6) is 0 Å². The van der Waals surface area contributed by atoms with Crippen molar-refractivity contribution in [2.75, 3.05) is 19.6 Å². The van der Waals surface area contributed by atoms with Crippen molar-refractivity contribution in [2.45, 2.75) is 51.5 Å². The van der Waals surface area contributed by atoms with E-state index in [4.69, 9.17) is 10.3 Å². The maximum absolute atomic E-state index is 12.5. The van der Waals surface area contributed by atoms with Gasteiger partial charge in [-0.05, 0) is 37.6 Å². The van der Waals surface area contributed by atoms with Gasteiger partial charge in [-0.15, -0.1) is 0 Å². The van der Waals surface area contributed by atoms with Crippen molar-refractivity contribution in [1.29, 1.82) is 0 Å². The molecule has 1 aliphatic heterocycles. The molecule has 1 aromatic rings. The van der Waals surface area contributed by atoms with Crippen molar-refractivity contribution in [3.63, 3.8) is 0 Å². The molecule has 2 amide bonds. The predicted molar refractivity (Wildman–Crippen MR) is 92.9 cm³/mol. The number of aromatic nitrogens is 1. The first-order chi connectivity index (χ1) is 12.0. The van der Waals surface area contributed by atoms with Gasteiger partial charge in [-0.3, -0.25) is 9.59 Å². The number of hydrogen-bond acceptors (Lipinski definition) is 5. The van der Waals surface area contributed by atoms with Crippen LogP contribution in [0.15, 0.2) is 10.6 Å². The number of rotatable bonds is 6. The average Bonchev–Trinajstić information content (AvgIpc) is 3.32. The van der Waals surface area contributed by atoms with Crippen LogP contribution >= 0.6 is 0 Å². The summed E-state index contributed by atoms with van der Waals surface area (Å²) in [6.07, 6.45) is 3.44. The second kappa shape index (κ2) is 7.56. The second-order valence-electron chi connectivity index (χ2n) is 7.53. The van der Waals surface area contributed by atoms with Gasteiger partial charge >= 0.3 is 0 Å². The van der Waals surface area contributed by atoms with E-state index in [-0.39, 0.29) is 29.7 Å². The molecule has 0 bridgehead atoms. The highest BCUT2D eigenvalue weighted by atomic mass is 16.5. The fraction of sp³-hybridized carbons (Fsp3) is 0.722. The summed E-state index contributed by atoms with van der Waals surface area (Å²) >= 11 is 0. The maximum Gasteiger partial charge on any atom is 0.273 e. The minimum absolute atomic E-state index is 0.0205. The van der Waals surface area contributed by atoms with Crippen molar-refractivity contribution < 1.29 is 14.1 Å². The Bertz CT molecular complexity index is 614. The summed E-state index contributed by atoms with van der Waals surface area (Å²) in [6.45, 7) is 5.99. The Morgan fingerprint density at radius 2 is 2.00 bits per heavy atom. The largest absolute Gasteiger partial charge is 0.360 e. The Hall–Kier alpha value is -1.89. The summed E-state index contributed by atoms with van der Waals surface area (Å²) in [6, 6.07) is 1.78. The minimum atomic E-state index is -0.192. The molecular weight excluding hydrogens is 320 g/mol. The molecular formula is C18H28N4O3. The van der Waals surface area contributed by atoms with E-state index in [0.717, 1.165) is 18.6 Å². The van der Waals surface area contributed by atoms with Gasteiger partial charge in [0.1, 0.15) is 5.76 Å². The number of hydrogen-bond donors (Lipinski definition) is 2. The predicted octanol–water partition coefficient (Wildman–Crippen LogP) is 1.50. The number of nitrogens with one attached hydrogen (secondary N) is 1. The third-order valence-electron chi connectivity index (χ3n) is 5.23. The van der Waals surface area contributed by atoms with E-state index in [0.29, 0.717) is 44.1 Å². The van der Waals surface area contributed by atoms with Crippen LogP contribution in [0, 0.1) is 11.8 Å². The summed E-state index contributed by atoms with van der Waals surface area (Å²) < 4.78 is 5.26. The standard InChI is InChI=1S/C18H28N4O3/c1-11-9-22(16(23)4-3-7-19)10-12(2)17(11)20-18(24)14-8-15(25-21-14)13-5-6-13/h8,11-13,17H,3-7,9-10,19H2,1-2H3,(H,20,24). The molecule has 1 saturated carbocycles. The van der Waals surface area contributed by atoms with E-state index in [2.05, 4.69) is 24.3 Å². The fourth-order valence-corrected chi connectivity index (χ4v) is 3.64. The zero-order chi connectivity index (χ0) is 18.0. The normalized spacial score (nSPS) is 26.5. The van der Waals surface area contributed by atoms with Crippen LogP contribution in [0.4, 0.5) is 0 Å². The molecule has 2 atom stereocenters. The number of carbonyl (C=O) groups is 2. The van der Waals surface area contributed by atoms with Gasteiger partial charge in [-0.25, -0.2) is 0 Å². The number of nitrogens with zero attached hydrogens (tertiary/aromatic N) is 2. The first-order valence-electron chi connectivity index (χ1n) is 9.25. The number of carbonyl (C=O) groups excluding carboxylic acids is 2. The molecule has 2 unspecified atom stereocenters. The number of amides is 2. The van der Waals surface area contributed by atoms with Crippen LogP contribution in [-0.2, 0) is 4.79 Å². The lowest BCUT2D eigenvalue weighted by Gasteiger charge is -2.41. The smallest absolute Gasteiger partial charge is 0.273 e. The molecule has 2 aliphatic rings. The van der Waals surface area contributed by atoms with Crippen LogP contribution in [0.1, 0.15) is 61.7 Å². The quantitative estimate of drug-likeness (QED) is 0.811. The molecule has 0 aromatic carbocycles. The lowest BCUT2D eigenvalue weighted by atomic mass is 9.85. The van der Waals surface area contributed by atoms with E-state index in [9.17, 15) is 9.59 Å². The van der Waals surface area contributed by atoms with E-state index in [1.807, 2.05) is 4.90 Å². The molecule has 0 spiro atoms. The highest BCUT2D eigenvalue weighted by Crippen LogP contribution is 2.40. The van der Waals surface area contributed by atoms with Gasteiger partial charge in [0.2, 0.25) is 5.91 Å². The zero-order valence-electron chi connectivity index (χ0n) is 15.0. The van der Waals surface area contributed by atoms with Gasteiger partial charge in [0.25, 0.3) is 5.91 Å². The Labute approximate surface area is 148 Å². The van der Waals surface area contributed by atoms with Crippen molar-refractivity contribution in [2.24, 2.45) is 17.6 Å². The highest BCUT2D eigenvalue weighted by molar-refractivity contribution is 5.92. The summed E-state index contributed by atoms with van der Waals surface area (Å²) in [5.41, 5.74) is 5.84. The van der Waals surface area contributed by atoms with Crippen LogP contribution < -0.4 is 11.1 Å². The van der Waals surface area contributed by atoms with Gasteiger partial charge in [0.15, 0.2) is 5.69 Å². The molecule has 138 valence electrons. The maximum atomic E-state index is 12.5. The second-order valence-corrected chi connectivity index (χ2v) is 7.53. The lowest BCUT2D eigenvalue weighted by Crippen LogP contribution is -2.56. The zero-order valence-corrected chi connectivity index (χ0v) is 15.0. The fourth-order valence-electron chi connectivity index (χ4n) is 3.64. The van der Waals surface area contributed by atoms with Crippen molar-refractivity contribution >= 4 is 11.8 Å². The molecule has 1 aromatic heterocycles. The SMILES string of the molecule is CC1CN(C(=O)CCCN)CC(C)C1NC(=O)c1cc(C2CC2)on1. The lowest BCUT2D eigenvalue weighted by molar-refractivity contribution is -0.134. The van der Waals surface area contributed by atoms with E-state index >= 15 is 0 Å². The van der Waals surface area contributed by atoms with Crippen molar-refractivity contribution in [1.82, 2.24) is 15.4 Å². The summed E-state index contributed by atoms with van der Waals surface area (Å²) in [5, 5.41) is 7.00. The van der Waals surface area contributed by atoms with Gasteiger partial charge in [-0.2, -0.15) is 0 Å². The molecule has 25 heavy (non-hydrogen) atoms. The minimum Gasteiger partial charge on any atom is -0.360 e. The van der Waals surface area contributed by atoms with Crippen LogP contribution in [0.25, 0.3) is 0 Å². The van der Waals surface area contributed by atoms with Crippen LogP contribution in [0.2, 0.25) is 0 Å². The monoisotopic (exact) mass is 348 g/mol. The molecule has 3 N–H and O–H groups in total. The first kappa shape index (κ1) is 17.9. The molecule has 2 fully saturated rings. The van der Waals surface area contributed by atoms with Gasteiger partial charge in [0.05, 0.1) is 0 Å². The van der Waals surface area contributed by atoms with Gasteiger partial charge in [0, 0.05) is 37.5 Å². The first-order valence-corrected chi connectivity index (χ1v) is 9.25. The summed E-state index contributed by atoms with van der Waals surface area (Å²) in [5.74, 6) is 1.58. The number of piperidine rings is 1. The molecule has 0 radical (unpaired) electrons.